The van der Waals surface area contributed by atoms with E-state index < -0.39 is 0 Å². The SMILES string of the molecule is COc1ccc(CNC(=O)c2cnn(-c3ccc(F)cc3)c2)c(OC)c1. The first-order valence-electron chi connectivity index (χ1n) is 7.90. The van der Waals surface area contributed by atoms with Crippen LogP contribution in [0.2, 0.25) is 0 Å². The zero-order valence-corrected chi connectivity index (χ0v) is 14.4. The van der Waals surface area contributed by atoms with Crippen molar-refractivity contribution in [2.24, 2.45) is 0 Å². The Hall–Kier alpha value is -3.35. The maximum Gasteiger partial charge on any atom is 0.254 e. The molecule has 0 atom stereocenters. The van der Waals surface area contributed by atoms with Crippen molar-refractivity contribution in [3.63, 3.8) is 0 Å². The third-order valence-corrected chi connectivity index (χ3v) is 3.87. The molecule has 0 aliphatic rings. The molecule has 1 aromatic heterocycles. The Balaban J connectivity index is 1.68. The molecule has 1 heterocycles. The van der Waals surface area contributed by atoms with Gasteiger partial charge in [0.05, 0.1) is 31.7 Å². The maximum atomic E-state index is 13.0. The molecule has 6 nitrogen and oxygen atoms in total. The molecule has 3 rings (SSSR count). The number of methoxy groups -OCH3 is 2. The number of hydrogen-bond acceptors (Lipinski definition) is 4. The molecule has 0 saturated heterocycles. The van der Waals surface area contributed by atoms with Crippen LogP contribution in [0.3, 0.4) is 0 Å². The van der Waals surface area contributed by atoms with E-state index in [1.54, 1.807) is 44.7 Å². The van der Waals surface area contributed by atoms with E-state index in [1.807, 2.05) is 6.07 Å². The third-order valence-electron chi connectivity index (χ3n) is 3.87. The van der Waals surface area contributed by atoms with Crippen molar-refractivity contribution in [1.29, 1.82) is 0 Å². The van der Waals surface area contributed by atoms with Crippen LogP contribution >= 0.6 is 0 Å². The minimum Gasteiger partial charge on any atom is -0.497 e. The molecular weight excluding hydrogens is 337 g/mol. The van der Waals surface area contributed by atoms with Crippen molar-refractivity contribution in [3.8, 4) is 17.2 Å². The number of aromatic nitrogens is 2. The van der Waals surface area contributed by atoms with Crippen LogP contribution in [0.15, 0.2) is 54.9 Å². The van der Waals surface area contributed by atoms with Crippen molar-refractivity contribution < 1.29 is 18.7 Å². The second-order valence-corrected chi connectivity index (χ2v) is 5.51. The summed E-state index contributed by atoms with van der Waals surface area (Å²) in [5, 5.41) is 6.97. The van der Waals surface area contributed by atoms with Crippen molar-refractivity contribution in [3.05, 3.63) is 71.8 Å². The van der Waals surface area contributed by atoms with Crippen molar-refractivity contribution in [2.45, 2.75) is 6.54 Å². The zero-order chi connectivity index (χ0) is 18.5. The highest BCUT2D eigenvalue weighted by atomic mass is 19.1. The Bertz CT molecular complexity index is 907. The first-order valence-corrected chi connectivity index (χ1v) is 7.90. The van der Waals surface area contributed by atoms with Crippen LogP contribution in [0.4, 0.5) is 4.39 Å². The van der Waals surface area contributed by atoms with Gasteiger partial charge in [0.1, 0.15) is 17.3 Å². The summed E-state index contributed by atoms with van der Waals surface area (Å²) in [7, 11) is 3.14. The van der Waals surface area contributed by atoms with Gasteiger partial charge in [-0.3, -0.25) is 4.79 Å². The summed E-state index contributed by atoms with van der Waals surface area (Å²) in [4.78, 5) is 12.3. The fourth-order valence-corrected chi connectivity index (χ4v) is 2.45. The molecule has 0 bridgehead atoms. The molecule has 1 amide bonds. The summed E-state index contributed by atoms with van der Waals surface area (Å²) in [6.45, 7) is 0.299. The quantitative estimate of drug-likeness (QED) is 0.738. The lowest BCUT2D eigenvalue weighted by Crippen LogP contribution is -2.22. The third kappa shape index (κ3) is 3.83. The number of carbonyl (C=O) groups is 1. The molecular formula is C19H18FN3O3. The largest absolute Gasteiger partial charge is 0.497 e. The highest BCUT2D eigenvalue weighted by Crippen LogP contribution is 2.24. The highest BCUT2D eigenvalue weighted by Gasteiger charge is 2.11. The lowest BCUT2D eigenvalue weighted by atomic mass is 10.2. The van der Waals surface area contributed by atoms with Gasteiger partial charge in [0.15, 0.2) is 0 Å². The average molecular weight is 355 g/mol. The standard InChI is InChI=1S/C19H18FN3O3/c1-25-17-8-3-13(18(9-17)26-2)10-21-19(24)14-11-22-23(12-14)16-6-4-15(20)5-7-16/h3-9,11-12H,10H2,1-2H3,(H,21,24). The molecule has 0 fully saturated rings. The molecule has 134 valence electrons. The van der Waals surface area contributed by atoms with Gasteiger partial charge in [-0.2, -0.15) is 5.10 Å². The average Bonchev–Trinajstić information content (AvgIpc) is 3.16. The van der Waals surface area contributed by atoms with Crippen molar-refractivity contribution in [2.75, 3.05) is 14.2 Å². The van der Waals surface area contributed by atoms with Gasteiger partial charge < -0.3 is 14.8 Å². The molecule has 0 unspecified atom stereocenters. The molecule has 0 spiro atoms. The Labute approximate surface area is 150 Å². The number of carbonyl (C=O) groups excluding carboxylic acids is 1. The van der Waals surface area contributed by atoms with E-state index in [2.05, 4.69) is 10.4 Å². The first-order chi connectivity index (χ1) is 12.6. The molecule has 3 aromatic rings. The predicted molar refractivity (Wildman–Crippen MR) is 94.2 cm³/mol. The van der Waals surface area contributed by atoms with Gasteiger partial charge in [0.25, 0.3) is 5.91 Å². The van der Waals surface area contributed by atoms with Gasteiger partial charge in [-0.05, 0) is 36.4 Å². The van der Waals surface area contributed by atoms with Gasteiger partial charge in [0, 0.05) is 24.4 Å². The molecule has 7 heteroatoms. The number of hydrogen-bond donors (Lipinski definition) is 1. The summed E-state index contributed by atoms with van der Waals surface area (Å²) in [5.41, 5.74) is 1.90. The second kappa shape index (κ2) is 7.69. The smallest absolute Gasteiger partial charge is 0.254 e. The zero-order valence-electron chi connectivity index (χ0n) is 14.4. The topological polar surface area (TPSA) is 65.4 Å². The minimum atomic E-state index is -0.327. The van der Waals surface area contributed by atoms with E-state index in [0.29, 0.717) is 29.3 Å². The highest BCUT2D eigenvalue weighted by molar-refractivity contribution is 5.93. The summed E-state index contributed by atoms with van der Waals surface area (Å²) < 4.78 is 25.0. The van der Waals surface area contributed by atoms with Gasteiger partial charge in [-0.25, -0.2) is 9.07 Å². The van der Waals surface area contributed by atoms with E-state index in [1.165, 1.54) is 23.0 Å². The lowest BCUT2D eigenvalue weighted by molar-refractivity contribution is 0.0950. The van der Waals surface area contributed by atoms with Gasteiger partial charge in [-0.1, -0.05) is 0 Å². The number of ether oxygens (including phenoxy) is 2. The van der Waals surface area contributed by atoms with Crippen molar-refractivity contribution >= 4 is 5.91 Å². The number of nitrogens with one attached hydrogen (secondary N) is 1. The van der Waals surface area contributed by atoms with Crippen LogP contribution in [-0.4, -0.2) is 29.9 Å². The second-order valence-electron chi connectivity index (χ2n) is 5.51. The number of nitrogens with zero attached hydrogens (tertiary/aromatic N) is 2. The van der Waals surface area contributed by atoms with Crippen molar-refractivity contribution in [1.82, 2.24) is 15.1 Å². The van der Waals surface area contributed by atoms with E-state index in [9.17, 15) is 9.18 Å². The fraction of sp³-hybridized carbons (Fsp3) is 0.158. The van der Waals surface area contributed by atoms with E-state index in [4.69, 9.17) is 9.47 Å². The lowest BCUT2D eigenvalue weighted by Gasteiger charge is -2.11. The molecule has 0 aliphatic heterocycles. The monoisotopic (exact) mass is 355 g/mol. The Kier molecular flexibility index (Phi) is 5.17. The number of halogens is 1. The Morgan fingerprint density at radius 2 is 1.92 bits per heavy atom. The van der Waals surface area contributed by atoms with Gasteiger partial charge in [-0.15, -0.1) is 0 Å². The van der Waals surface area contributed by atoms with Crippen LogP contribution in [0, 0.1) is 5.82 Å². The van der Waals surface area contributed by atoms with Crippen LogP contribution in [0.1, 0.15) is 15.9 Å². The van der Waals surface area contributed by atoms with Crippen LogP contribution in [0.5, 0.6) is 11.5 Å². The van der Waals surface area contributed by atoms with Crippen LogP contribution in [0.25, 0.3) is 5.69 Å². The summed E-state index contributed by atoms with van der Waals surface area (Å²) >= 11 is 0. The van der Waals surface area contributed by atoms with Crippen LogP contribution in [-0.2, 0) is 6.54 Å². The van der Waals surface area contributed by atoms with Gasteiger partial charge in [0.2, 0.25) is 0 Å². The molecule has 0 aliphatic carbocycles. The molecule has 0 radical (unpaired) electrons. The van der Waals surface area contributed by atoms with Crippen LogP contribution < -0.4 is 14.8 Å². The summed E-state index contributed by atoms with van der Waals surface area (Å²) in [5.74, 6) is 0.715. The molecule has 2 aromatic carbocycles. The number of benzene rings is 2. The summed E-state index contributed by atoms with van der Waals surface area (Å²) in [6.07, 6.45) is 3.05. The van der Waals surface area contributed by atoms with E-state index >= 15 is 0 Å². The Morgan fingerprint density at radius 1 is 1.15 bits per heavy atom. The van der Waals surface area contributed by atoms with Gasteiger partial charge >= 0.3 is 0 Å². The first kappa shape index (κ1) is 17.5. The number of amides is 1. The normalized spacial score (nSPS) is 10.4. The maximum absolute atomic E-state index is 13.0. The van der Waals surface area contributed by atoms with E-state index in [-0.39, 0.29) is 11.7 Å². The fourth-order valence-electron chi connectivity index (χ4n) is 2.45. The summed E-state index contributed by atoms with van der Waals surface area (Å²) in [6, 6.07) is 11.3. The molecule has 0 saturated carbocycles. The Morgan fingerprint density at radius 3 is 2.62 bits per heavy atom. The molecule has 1 N–H and O–H groups in total. The number of rotatable bonds is 6. The molecule has 26 heavy (non-hydrogen) atoms. The predicted octanol–water partition coefficient (Wildman–Crippen LogP) is 2.96. The minimum absolute atomic E-state index is 0.267. The van der Waals surface area contributed by atoms with E-state index in [0.717, 1.165) is 5.56 Å².